The molecule has 0 fully saturated rings. The Morgan fingerprint density at radius 2 is 1.75 bits per heavy atom. The Morgan fingerprint density at radius 3 is 2.48 bits per heavy atom. The number of carboxylic acid groups (broad SMARTS) is 1. The number of nitro groups is 1. The maximum Gasteiger partial charge on any atom is 0.511 e. The van der Waals surface area contributed by atoms with Gasteiger partial charge in [0, 0.05) is 28.9 Å². The van der Waals surface area contributed by atoms with Crippen LogP contribution in [-0.4, -0.2) is 32.9 Å². The maximum atomic E-state index is 13.6. The van der Waals surface area contributed by atoms with E-state index < -0.39 is 17.0 Å². The summed E-state index contributed by atoms with van der Waals surface area (Å²) in [7, 11) is 0. The second-order valence-corrected chi connectivity index (χ2v) is 9.04. The van der Waals surface area contributed by atoms with Crippen LogP contribution in [0.15, 0.2) is 84.0 Å². The molecule has 0 aromatic heterocycles. The molecule has 40 heavy (non-hydrogen) atoms. The summed E-state index contributed by atoms with van der Waals surface area (Å²) in [4.78, 5) is 36.9. The Bertz CT molecular complexity index is 1730. The molecule has 3 N–H and O–H groups in total. The molecule has 0 unspecified atom stereocenters. The van der Waals surface area contributed by atoms with Crippen molar-refractivity contribution in [2.75, 3.05) is 10.3 Å². The van der Waals surface area contributed by atoms with E-state index >= 15 is 0 Å². The first-order valence-corrected chi connectivity index (χ1v) is 12.0. The van der Waals surface area contributed by atoms with Gasteiger partial charge >= 0.3 is 6.16 Å². The van der Waals surface area contributed by atoms with Crippen molar-refractivity contribution in [1.29, 1.82) is 0 Å². The quantitative estimate of drug-likeness (QED) is 0.0870. The molecule has 0 atom stereocenters. The number of nitrogens with one attached hydrogen (secondary N) is 1. The summed E-state index contributed by atoms with van der Waals surface area (Å²) < 4.78 is 4.70. The topological polar surface area (TPSA) is 155 Å². The molecule has 1 aliphatic rings. The number of nitrogens with zero attached hydrogens (tertiary/aromatic N) is 3. The van der Waals surface area contributed by atoms with Crippen LogP contribution in [0.25, 0.3) is 11.1 Å². The van der Waals surface area contributed by atoms with Gasteiger partial charge in [0.15, 0.2) is 5.71 Å². The molecular formula is C29H22N4O7. The third-order valence-corrected chi connectivity index (χ3v) is 6.52. The molecule has 200 valence electrons. The number of hydrazone groups is 1. The molecule has 1 amide bonds. The van der Waals surface area contributed by atoms with E-state index in [-0.39, 0.29) is 34.1 Å². The Morgan fingerprint density at radius 1 is 0.975 bits per heavy atom. The number of benzene rings is 4. The van der Waals surface area contributed by atoms with Crippen LogP contribution >= 0.6 is 0 Å². The fourth-order valence-corrected chi connectivity index (χ4v) is 4.39. The number of phenols is 1. The molecule has 1 heterocycles. The molecule has 0 saturated heterocycles. The summed E-state index contributed by atoms with van der Waals surface area (Å²) in [6, 6.07) is 20.6. The van der Waals surface area contributed by atoms with Crippen LogP contribution < -0.4 is 15.1 Å². The minimum absolute atomic E-state index is 0.0708. The van der Waals surface area contributed by atoms with Crippen molar-refractivity contribution in [3.05, 3.63) is 106 Å². The Balaban J connectivity index is 1.54. The van der Waals surface area contributed by atoms with Gasteiger partial charge in [-0.2, -0.15) is 5.10 Å². The highest BCUT2D eigenvalue weighted by Gasteiger charge is 2.37. The van der Waals surface area contributed by atoms with Crippen molar-refractivity contribution in [1.82, 2.24) is 0 Å². The van der Waals surface area contributed by atoms with Gasteiger partial charge in [-0.1, -0.05) is 30.3 Å². The SMILES string of the molecule is Cc1ccc(N2C(=O)C(=NNc3cccc(-c4cccc(OC(=O)O)c4)c3O)c3cc([N+](=O)[O-])ccc32)cc1C. The normalized spacial score (nSPS) is 13.3. The smallest absolute Gasteiger partial charge is 0.505 e. The van der Waals surface area contributed by atoms with E-state index in [2.05, 4.69) is 10.5 Å². The van der Waals surface area contributed by atoms with Gasteiger partial charge in [0.05, 0.1) is 16.3 Å². The summed E-state index contributed by atoms with van der Waals surface area (Å²) in [6.07, 6.45) is -1.47. The molecule has 11 nitrogen and oxygen atoms in total. The number of aryl methyl sites for hydroxylation is 2. The molecule has 4 aromatic carbocycles. The second kappa shape index (κ2) is 10.2. The second-order valence-electron chi connectivity index (χ2n) is 9.04. The van der Waals surface area contributed by atoms with Crippen molar-refractivity contribution >= 4 is 40.5 Å². The zero-order chi connectivity index (χ0) is 28.6. The number of aromatic hydroxyl groups is 1. The summed E-state index contributed by atoms with van der Waals surface area (Å²) >= 11 is 0. The molecule has 0 spiro atoms. The zero-order valence-electron chi connectivity index (χ0n) is 21.3. The molecule has 0 saturated carbocycles. The monoisotopic (exact) mass is 538 g/mol. The van der Waals surface area contributed by atoms with Crippen molar-refractivity contribution in [2.45, 2.75) is 13.8 Å². The first-order chi connectivity index (χ1) is 19.1. The number of non-ortho nitro benzene ring substituents is 1. The Labute approximate surface area is 227 Å². The lowest BCUT2D eigenvalue weighted by molar-refractivity contribution is -0.384. The summed E-state index contributed by atoms with van der Waals surface area (Å²) in [5.74, 6) is -0.639. The number of hydrogen-bond acceptors (Lipinski definition) is 8. The van der Waals surface area contributed by atoms with E-state index in [1.807, 2.05) is 26.0 Å². The van der Waals surface area contributed by atoms with E-state index in [1.54, 1.807) is 30.3 Å². The highest BCUT2D eigenvalue weighted by Crippen LogP contribution is 2.40. The highest BCUT2D eigenvalue weighted by molar-refractivity contribution is 6.55. The van der Waals surface area contributed by atoms with E-state index in [0.29, 0.717) is 22.5 Å². The molecule has 0 radical (unpaired) electrons. The van der Waals surface area contributed by atoms with E-state index in [9.17, 15) is 24.8 Å². The number of rotatable bonds is 6. The van der Waals surface area contributed by atoms with Crippen molar-refractivity contribution in [2.24, 2.45) is 5.10 Å². The maximum absolute atomic E-state index is 13.6. The Kier molecular flexibility index (Phi) is 6.62. The number of ether oxygens (including phenoxy) is 1. The molecule has 11 heteroatoms. The van der Waals surface area contributed by atoms with Gasteiger partial charge in [0.2, 0.25) is 0 Å². The third-order valence-electron chi connectivity index (χ3n) is 6.52. The van der Waals surface area contributed by atoms with Gasteiger partial charge in [-0.25, -0.2) is 4.79 Å². The largest absolute Gasteiger partial charge is 0.511 e. The standard InChI is InChI=1S/C29H22N4O7/c1-16-9-10-19(13-17(16)2)32-25-12-11-20(33(38)39)15-23(25)26(28(32)35)31-30-24-8-4-7-22(27(24)34)18-5-3-6-21(14-18)40-29(36)37/h3-15,30,34H,1-2H3,(H,36,37). The summed E-state index contributed by atoms with van der Waals surface area (Å²) in [6.45, 7) is 3.88. The van der Waals surface area contributed by atoms with Gasteiger partial charge in [-0.05, 0) is 66.9 Å². The number of anilines is 3. The van der Waals surface area contributed by atoms with Crippen LogP contribution in [0, 0.1) is 24.0 Å². The zero-order valence-corrected chi connectivity index (χ0v) is 21.3. The van der Waals surface area contributed by atoms with Gasteiger partial charge < -0.3 is 14.9 Å². The summed E-state index contributed by atoms with van der Waals surface area (Å²) in [5, 5.41) is 35.6. The predicted molar refractivity (Wildman–Crippen MR) is 149 cm³/mol. The van der Waals surface area contributed by atoms with Crippen LogP contribution in [0.2, 0.25) is 0 Å². The van der Waals surface area contributed by atoms with Gasteiger partial charge in [0.25, 0.3) is 11.6 Å². The van der Waals surface area contributed by atoms with Crippen LogP contribution in [0.3, 0.4) is 0 Å². The number of carbonyl (C=O) groups is 2. The van der Waals surface area contributed by atoms with Crippen molar-refractivity contribution in [3.63, 3.8) is 0 Å². The number of fused-ring (bicyclic) bond motifs is 1. The van der Waals surface area contributed by atoms with Crippen molar-refractivity contribution < 1.29 is 29.5 Å². The Hall–Kier alpha value is -5.71. The number of para-hydroxylation sites is 1. The molecule has 5 rings (SSSR count). The first kappa shape index (κ1) is 25.9. The highest BCUT2D eigenvalue weighted by atomic mass is 16.7. The lowest BCUT2D eigenvalue weighted by Crippen LogP contribution is -2.26. The summed E-state index contributed by atoms with van der Waals surface area (Å²) in [5.41, 5.74) is 6.73. The molecule has 0 aliphatic carbocycles. The van der Waals surface area contributed by atoms with Crippen LogP contribution in [0.1, 0.15) is 16.7 Å². The lowest BCUT2D eigenvalue weighted by Gasteiger charge is -2.18. The van der Waals surface area contributed by atoms with Crippen molar-refractivity contribution in [3.8, 4) is 22.6 Å². The average Bonchev–Trinajstić information content (AvgIpc) is 3.19. The number of phenolic OH excluding ortho intramolecular Hbond substituents is 1. The fraction of sp³-hybridized carbons (Fsp3) is 0.0690. The minimum atomic E-state index is -1.47. The number of hydrogen-bond donors (Lipinski definition) is 3. The van der Waals surface area contributed by atoms with Crippen LogP contribution in [0.5, 0.6) is 11.5 Å². The molecular weight excluding hydrogens is 516 g/mol. The average molecular weight is 539 g/mol. The van der Waals surface area contributed by atoms with Crippen LogP contribution in [-0.2, 0) is 4.79 Å². The van der Waals surface area contributed by atoms with Crippen LogP contribution in [0.4, 0.5) is 27.5 Å². The molecule has 4 aromatic rings. The molecule has 0 bridgehead atoms. The van der Waals surface area contributed by atoms with E-state index in [0.717, 1.165) is 11.1 Å². The fourth-order valence-electron chi connectivity index (χ4n) is 4.39. The van der Waals surface area contributed by atoms with Gasteiger partial charge in [-0.15, -0.1) is 0 Å². The number of carbonyl (C=O) groups excluding carboxylic acids is 1. The molecule has 1 aliphatic heterocycles. The van der Waals surface area contributed by atoms with E-state index in [4.69, 9.17) is 9.84 Å². The minimum Gasteiger partial charge on any atom is -0.505 e. The third kappa shape index (κ3) is 4.78. The van der Waals surface area contributed by atoms with Gasteiger partial charge in [-0.3, -0.25) is 25.2 Å². The lowest BCUT2D eigenvalue weighted by atomic mass is 10.0. The number of nitro benzene ring substituents is 1. The van der Waals surface area contributed by atoms with E-state index in [1.165, 1.54) is 41.3 Å². The predicted octanol–water partition coefficient (Wildman–Crippen LogP) is 6.14. The number of amides is 1. The van der Waals surface area contributed by atoms with Gasteiger partial charge in [0.1, 0.15) is 11.5 Å². The first-order valence-electron chi connectivity index (χ1n) is 12.0.